The highest BCUT2D eigenvalue weighted by Crippen LogP contribution is 2.40. The van der Waals surface area contributed by atoms with Crippen LogP contribution in [-0.4, -0.2) is 69.4 Å². The lowest BCUT2D eigenvalue weighted by Crippen LogP contribution is -2.69. The van der Waals surface area contributed by atoms with Crippen molar-refractivity contribution in [3.05, 3.63) is 41.7 Å². The second kappa shape index (κ2) is 12.1. The summed E-state index contributed by atoms with van der Waals surface area (Å²) >= 11 is 0. The zero-order chi connectivity index (χ0) is 23.6. The predicted molar refractivity (Wildman–Crippen MR) is 122 cm³/mol. The number of pyridine rings is 1. The number of carboxylic acid groups (broad SMARTS) is 1. The molecule has 0 radical (unpaired) electrons. The maximum Gasteiger partial charge on any atom is 0.290 e. The predicted octanol–water partition coefficient (Wildman–Crippen LogP) is 2.52. The van der Waals surface area contributed by atoms with Crippen molar-refractivity contribution in [3.8, 4) is 0 Å². The molecule has 0 saturated carbocycles. The summed E-state index contributed by atoms with van der Waals surface area (Å²) in [6, 6.07) is 4.08. The third-order valence-electron chi connectivity index (χ3n) is 6.32. The highest BCUT2D eigenvalue weighted by Gasteiger charge is 2.53. The van der Waals surface area contributed by atoms with Gasteiger partial charge in [-0.05, 0) is 64.2 Å². The van der Waals surface area contributed by atoms with Gasteiger partial charge in [0, 0.05) is 45.1 Å². The SMILES string of the molecule is CC(C)=CCCC(=O)N[C@@]1(C)CCOC2(CCN(Cc3ccncc3)CC2)[C@@H]1O.O=CO. The summed E-state index contributed by atoms with van der Waals surface area (Å²) in [6.07, 6.45) is 8.34. The molecule has 3 N–H and O–H groups in total. The van der Waals surface area contributed by atoms with Crippen molar-refractivity contribution in [1.82, 2.24) is 15.2 Å². The number of hydrogen-bond donors (Lipinski definition) is 3. The van der Waals surface area contributed by atoms with Crippen molar-refractivity contribution in [3.63, 3.8) is 0 Å². The topological polar surface area (TPSA) is 112 Å². The summed E-state index contributed by atoms with van der Waals surface area (Å²) in [5, 5.41) is 21.3. The Labute approximate surface area is 190 Å². The molecule has 178 valence electrons. The molecular weight excluding hydrogens is 410 g/mol. The van der Waals surface area contributed by atoms with Gasteiger partial charge in [-0.25, -0.2) is 0 Å². The number of aliphatic hydroxyl groups excluding tert-OH is 1. The van der Waals surface area contributed by atoms with Crippen LogP contribution in [0.1, 0.15) is 58.4 Å². The van der Waals surface area contributed by atoms with Gasteiger partial charge < -0.3 is 20.3 Å². The van der Waals surface area contributed by atoms with Crippen molar-refractivity contribution in [2.45, 2.75) is 76.7 Å². The summed E-state index contributed by atoms with van der Waals surface area (Å²) < 4.78 is 6.16. The number of aliphatic hydroxyl groups is 1. The minimum atomic E-state index is -0.709. The van der Waals surface area contributed by atoms with Gasteiger partial charge in [0.05, 0.1) is 11.1 Å². The van der Waals surface area contributed by atoms with E-state index in [2.05, 4.69) is 21.3 Å². The second-order valence-electron chi connectivity index (χ2n) is 9.09. The van der Waals surface area contributed by atoms with Crippen LogP contribution in [0.2, 0.25) is 0 Å². The summed E-state index contributed by atoms with van der Waals surface area (Å²) in [4.78, 5) is 27.3. The Hall–Kier alpha value is -2.29. The van der Waals surface area contributed by atoms with Crippen LogP contribution in [0.25, 0.3) is 0 Å². The lowest BCUT2D eigenvalue weighted by atomic mass is 9.73. The minimum absolute atomic E-state index is 0.00350. The average molecular weight is 448 g/mol. The van der Waals surface area contributed by atoms with Crippen molar-refractivity contribution in [2.75, 3.05) is 19.7 Å². The number of nitrogens with one attached hydrogen (secondary N) is 1. The molecule has 3 rings (SSSR count). The quantitative estimate of drug-likeness (QED) is 0.454. The fourth-order valence-electron chi connectivity index (χ4n) is 4.52. The number of allylic oxidation sites excluding steroid dienone is 2. The number of aromatic nitrogens is 1. The molecule has 2 aliphatic rings. The van der Waals surface area contributed by atoms with Gasteiger partial charge in [0.15, 0.2) is 0 Å². The molecule has 1 aromatic heterocycles. The number of hydrogen-bond acceptors (Lipinski definition) is 6. The Morgan fingerprint density at radius 1 is 1.28 bits per heavy atom. The van der Waals surface area contributed by atoms with Gasteiger partial charge in [0.25, 0.3) is 6.47 Å². The van der Waals surface area contributed by atoms with Crippen molar-refractivity contribution in [2.24, 2.45) is 0 Å². The molecule has 0 aromatic carbocycles. The largest absolute Gasteiger partial charge is 0.483 e. The van der Waals surface area contributed by atoms with Gasteiger partial charge in [0.1, 0.15) is 6.10 Å². The summed E-state index contributed by atoms with van der Waals surface area (Å²) in [5.74, 6) is -0.00350. The van der Waals surface area contributed by atoms with E-state index in [4.69, 9.17) is 14.6 Å². The van der Waals surface area contributed by atoms with Gasteiger partial charge >= 0.3 is 0 Å². The number of rotatable bonds is 6. The highest BCUT2D eigenvalue weighted by atomic mass is 16.5. The van der Waals surface area contributed by atoms with Crippen molar-refractivity contribution in [1.29, 1.82) is 0 Å². The Balaban J connectivity index is 0.00000114. The molecule has 2 atom stereocenters. The normalized spacial score (nSPS) is 24.7. The van der Waals surface area contributed by atoms with Crippen LogP contribution in [-0.2, 0) is 20.9 Å². The summed E-state index contributed by atoms with van der Waals surface area (Å²) in [5.41, 5.74) is 1.24. The van der Waals surface area contributed by atoms with E-state index in [-0.39, 0.29) is 12.4 Å². The molecule has 3 heterocycles. The number of carbonyl (C=O) groups is 2. The molecule has 1 amide bonds. The first-order chi connectivity index (χ1) is 15.2. The van der Waals surface area contributed by atoms with Crippen LogP contribution in [0, 0.1) is 0 Å². The van der Waals surface area contributed by atoms with Crippen LogP contribution in [0.3, 0.4) is 0 Å². The number of likely N-dealkylation sites (tertiary alicyclic amines) is 1. The van der Waals surface area contributed by atoms with E-state index in [1.807, 2.05) is 45.3 Å². The molecule has 8 nitrogen and oxygen atoms in total. The number of amides is 1. The standard InChI is InChI=1S/C23H35N3O3.CH2O2/c1-18(2)5-4-6-20(27)25-22(3)11-16-29-23(21(22)28)9-14-26(15-10-23)17-19-7-12-24-13-8-19;2-1-3/h5,7-8,12-13,21,28H,4,6,9-11,14-17H2,1-3H3,(H,25,27);1H,(H,2,3)/t21-,22+;/m1./s1. The van der Waals surface area contributed by atoms with Crippen molar-refractivity contribution < 1.29 is 24.5 Å². The van der Waals surface area contributed by atoms with E-state index in [9.17, 15) is 9.90 Å². The Bertz CT molecular complexity index is 758. The average Bonchev–Trinajstić information content (AvgIpc) is 2.75. The molecule has 0 unspecified atom stereocenters. The number of carbonyl (C=O) groups excluding carboxylic acids is 1. The lowest BCUT2D eigenvalue weighted by Gasteiger charge is -2.53. The zero-order valence-electron chi connectivity index (χ0n) is 19.4. The zero-order valence-corrected chi connectivity index (χ0v) is 19.4. The third kappa shape index (κ3) is 7.12. The Morgan fingerprint density at radius 2 is 1.91 bits per heavy atom. The smallest absolute Gasteiger partial charge is 0.290 e. The number of nitrogens with zero attached hydrogens (tertiary/aromatic N) is 2. The molecule has 1 aromatic rings. The van der Waals surface area contributed by atoms with E-state index >= 15 is 0 Å². The molecule has 0 aliphatic carbocycles. The van der Waals surface area contributed by atoms with E-state index < -0.39 is 17.2 Å². The fourth-order valence-corrected chi connectivity index (χ4v) is 4.52. The third-order valence-corrected chi connectivity index (χ3v) is 6.32. The maximum absolute atomic E-state index is 12.5. The van der Waals surface area contributed by atoms with Gasteiger partial charge in [-0.3, -0.25) is 19.5 Å². The molecule has 32 heavy (non-hydrogen) atoms. The van der Waals surface area contributed by atoms with Gasteiger partial charge in [-0.2, -0.15) is 0 Å². The second-order valence-corrected chi connectivity index (χ2v) is 9.09. The lowest BCUT2D eigenvalue weighted by molar-refractivity contribution is -0.208. The van der Waals surface area contributed by atoms with Gasteiger partial charge in [-0.15, -0.1) is 0 Å². The van der Waals surface area contributed by atoms with Crippen LogP contribution in [0.4, 0.5) is 0 Å². The first-order valence-electron chi connectivity index (χ1n) is 11.2. The monoisotopic (exact) mass is 447 g/mol. The van der Waals surface area contributed by atoms with E-state index in [0.717, 1.165) is 38.9 Å². The minimum Gasteiger partial charge on any atom is -0.483 e. The molecule has 1 spiro atoms. The Morgan fingerprint density at radius 3 is 2.50 bits per heavy atom. The summed E-state index contributed by atoms with van der Waals surface area (Å²) in [7, 11) is 0. The summed E-state index contributed by atoms with van der Waals surface area (Å²) in [6.45, 7) is 8.95. The maximum atomic E-state index is 12.5. The van der Waals surface area contributed by atoms with E-state index in [1.165, 1.54) is 11.1 Å². The molecular formula is C24H37N3O5. The Kier molecular flexibility index (Phi) is 9.81. The highest BCUT2D eigenvalue weighted by molar-refractivity contribution is 5.77. The number of ether oxygens (including phenoxy) is 1. The molecule has 2 fully saturated rings. The van der Waals surface area contributed by atoms with Crippen molar-refractivity contribution >= 4 is 12.4 Å². The first kappa shape index (κ1) is 26.0. The molecule has 2 saturated heterocycles. The van der Waals surface area contributed by atoms with Crippen LogP contribution in [0.5, 0.6) is 0 Å². The fraction of sp³-hybridized carbons (Fsp3) is 0.625. The number of piperidine rings is 1. The van der Waals surface area contributed by atoms with Crippen LogP contribution in [0.15, 0.2) is 36.2 Å². The van der Waals surface area contributed by atoms with E-state index in [1.54, 1.807) is 0 Å². The van der Waals surface area contributed by atoms with Gasteiger partial charge in [0.2, 0.25) is 5.91 Å². The van der Waals surface area contributed by atoms with Crippen LogP contribution < -0.4 is 5.32 Å². The molecule has 2 aliphatic heterocycles. The van der Waals surface area contributed by atoms with Gasteiger partial charge in [-0.1, -0.05) is 11.6 Å². The first-order valence-corrected chi connectivity index (χ1v) is 11.2. The van der Waals surface area contributed by atoms with E-state index in [0.29, 0.717) is 19.4 Å². The molecule has 0 bridgehead atoms. The molecule has 8 heteroatoms. The van der Waals surface area contributed by atoms with Crippen LogP contribution >= 0.6 is 0 Å².